The average Bonchev–Trinajstić information content (AvgIpc) is 1.58. The second kappa shape index (κ2) is 22.8. The van der Waals surface area contributed by atoms with E-state index in [0.29, 0.717) is 50.5 Å². The van der Waals surface area contributed by atoms with Gasteiger partial charge >= 0.3 is 0 Å². The van der Waals surface area contributed by atoms with Gasteiger partial charge in [-0.2, -0.15) is 5.26 Å². The van der Waals surface area contributed by atoms with E-state index < -0.39 is 40.2 Å². The topological polar surface area (TPSA) is 85.2 Å². The summed E-state index contributed by atoms with van der Waals surface area (Å²) in [4.78, 5) is 20.6. The van der Waals surface area contributed by atoms with Crippen molar-refractivity contribution in [2.24, 2.45) is 0 Å². The summed E-state index contributed by atoms with van der Waals surface area (Å²) in [5.74, 6) is -10.8. The summed E-state index contributed by atoms with van der Waals surface area (Å²) in [6.45, 7) is 0. The summed E-state index contributed by atoms with van der Waals surface area (Å²) >= 11 is 0. The van der Waals surface area contributed by atoms with Crippen molar-refractivity contribution in [3.8, 4) is 119 Å². The predicted octanol–water partition coefficient (Wildman–Crippen LogP) is 21.0. The Labute approximate surface area is 529 Å². The van der Waals surface area contributed by atoms with Crippen LogP contribution in [-0.2, 0) is 0 Å². The number of hydrogen-bond donors (Lipinski definition) is 0. The zero-order valence-electron chi connectivity index (χ0n) is 49.1. The molecule has 0 amide bonds. The lowest BCUT2D eigenvalue weighted by Crippen LogP contribution is -2.08. The first-order chi connectivity index (χ1) is 45.6. The van der Waals surface area contributed by atoms with Crippen LogP contribution in [0.25, 0.3) is 156 Å². The van der Waals surface area contributed by atoms with Crippen molar-refractivity contribution < 1.29 is 22.0 Å². The van der Waals surface area contributed by atoms with Gasteiger partial charge < -0.3 is 9.13 Å². The summed E-state index contributed by atoms with van der Waals surface area (Å²) in [5, 5.41) is 14.3. The Hall–Kier alpha value is -12.5. The van der Waals surface area contributed by atoms with Crippen LogP contribution in [0.2, 0.25) is 0 Å². The van der Waals surface area contributed by atoms with Crippen molar-refractivity contribution in [2.45, 2.75) is 0 Å². The number of aromatic nitrogens is 6. The quantitative estimate of drug-likeness (QED) is 0.0732. The first-order valence-electron chi connectivity index (χ1n) is 30.0. The van der Waals surface area contributed by atoms with Crippen LogP contribution in [0.4, 0.5) is 22.0 Å². The average molecular weight is 1210 g/mol. The summed E-state index contributed by atoms with van der Waals surface area (Å²) in [6.07, 6.45) is 0. The van der Waals surface area contributed by atoms with E-state index in [1.54, 1.807) is 0 Å². The smallest absolute Gasteiger partial charge is 0.200 e. The Morgan fingerprint density at radius 1 is 0.258 bits per heavy atom. The maximum atomic E-state index is 16.6. The summed E-state index contributed by atoms with van der Waals surface area (Å²) in [7, 11) is 0. The third-order valence-corrected chi connectivity index (χ3v) is 17.2. The molecule has 0 saturated carbocycles. The van der Waals surface area contributed by atoms with E-state index in [9.17, 15) is 5.26 Å². The number of halogens is 5. The first kappa shape index (κ1) is 55.8. The highest BCUT2D eigenvalue weighted by Gasteiger charge is 2.31. The van der Waals surface area contributed by atoms with Crippen molar-refractivity contribution in [3.63, 3.8) is 0 Å². The van der Waals surface area contributed by atoms with Crippen LogP contribution in [0, 0.1) is 40.4 Å². The molecule has 0 unspecified atom stereocenters. The van der Waals surface area contributed by atoms with Crippen molar-refractivity contribution in [1.29, 1.82) is 5.26 Å². The van der Waals surface area contributed by atoms with Gasteiger partial charge in [0.1, 0.15) is 0 Å². The van der Waals surface area contributed by atoms with Gasteiger partial charge in [0, 0.05) is 71.6 Å². The highest BCUT2D eigenvalue weighted by molar-refractivity contribution is 6.14. The molecule has 0 fully saturated rings. The number of benzene rings is 10. The van der Waals surface area contributed by atoms with Crippen molar-refractivity contribution in [2.75, 3.05) is 0 Å². The SMILES string of the molecule is N#Cc1cc(-n2c3ccc(-c4cccc(-c5ccccc5)n4)cc3c3cc(-c4cccc(-c5ccccc5)n4)ccc32)c(-n2c3ccc(-c4cccc(-c5ccccc5)n4)cc3c3cc(-c4cccc(-c5ccccc5)n4)ccc32)cc1-c1c(F)c(F)c(F)c(F)c1F. The molecule has 0 aliphatic heterocycles. The predicted molar refractivity (Wildman–Crippen MR) is 360 cm³/mol. The molecule has 0 aliphatic rings. The molecule has 6 aromatic heterocycles. The minimum Gasteiger partial charge on any atom is -0.307 e. The second-order valence-electron chi connectivity index (χ2n) is 22.6. The molecule has 0 spiro atoms. The van der Waals surface area contributed by atoms with Crippen LogP contribution in [0.1, 0.15) is 5.56 Å². The van der Waals surface area contributed by atoms with Crippen molar-refractivity contribution in [3.05, 3.63) is 314 Å². The number of nitriles is 1. The number of fused-ring (bicyclic) bond motifs is 6. The van der Waals surface area contributed by atoms with E-state index in [4.69, 9.17) is 19.9 Å². The standard InChI is InChI=1S/C81H46F5N7/c82-77-76(78(83)80(85)81(86)79(77)84)57-46-75(93-72-39-35-54(68-31-15-27-64(90-68)50-21-9-3-10-22-50)43-60(72)61-44-55(36-40-73(61)93)69-32-16-28-65(91-69)51-23-11-4-12-24-51)74(45-56(57)47-87)92-70-37-33-52(66-29-13-25-62(88-66)48-17-5-1-6-18-48)41-58(70)59-42-53(34-38-71(59)92)67-30-14-26-63(89-67)49-19-7-2-8-20-49/h1-46H. The fraction of sp³-hybridized carbons (Fsp3) is 0. The number of rotatable bonds is 11. The zero-order valence-corrected chi connectivity index (χ0v) is 49.1. The molecule has 6 heterocycles. The fourth-order valence-corrected chi connectivity index (χ4v) is 12.7. The van der Waals surface area contributed by atoms with Gasteiger partial charge in [-0.25, -0.2) is 41.9 Å². The molecule has 0 saturated heterocycles. The van der Waals surface area contributed by atoms with E-state index in [1.807, 2.05) is 264 Å². The molecule has 7 nitrogen and oxygen atoms in total. The molecule has 0 bridgehead atoms. The van der Waals surface area contributed by atoms with Crippen molar-refractivity contribution >= 4 is 43.6 Å². The van der Waals surface area contributed by atoms with Gasteiger partial charge in [-0.3, -0.25) is 0 Å². The molecular formula is C81H46F5N7. The summed E-state index contributed by atoms with van der Waals surface area (Å²) < 4.78 is 83.4. The largest absolute Gasteiger partial charge is 0.307 e. The summed E-state index contributed by atoms with van der Waals surface area (Å²) in [5.41, 5.74) is 13.8. The molecule has 93 heavy (non-hydrogen) atoms. The third kappa shape index (κ3) is 9.74. The van der Waals surface area contributed by atoms with Gasteiger partial charge in [-0.05, 0) is 109 Å². The molecule has 0 N–H and O–H groups in total. The molecule has 10 aromatic carbocycles. The Kier molecular flexibility index (Phi) is 13.7. The second-order valence-corrected chi connectivity index (χ2v) is 22.6. The van der Waals surface area contributed by atoms with Gasteiger partial charge in [-0.1, -0.05) is 170 Å². The number of pyridine rings is 4. The minimum absolute atomic E-state index is 0.239. The number of hydrogen-bond acceptors (Lipinski definition) is 5. The van der Waals surface area contributed by atoms with Gasteiger partial charge in [0.15, 0.2) is 23.3 Å². The maximum Gasteiger partial charge on any atom is 0.200 e. The monoisotopic (exact) mass is 1210 g/mol. The molecule has 12 heteroatoms. The van der Waals surface area contributed by atoms with Crippen LogP contribution in [0.15, 0.2) is 279 Å². The van der Waals surface area contributed by atoms with Crippen LogP contribution >= 0.6 is 0 Å². The first-order valence-corrected chi connectivity index (χ1v) is 30.0. The summed E-state index contributed by atoms with van der Waals surface area (Å²) in [6, 6.07) is 91.9. The van der Waals surface area contributed by atoms with E-state index in [0.717, 1.165) is 88.8 Å². The third-order valence-electron chi connectivity index (χ3n) is 17.2. The molecular weight excluding hydrogens is 1170 g/mol. The van der Waals surface area contributed by atoms with Crippen LogP contribution in [0.5, 0.6) is 0 Å². The van der Waals surface area contributed by atoms with Gasteiger partial charge in [0.2, 0.25) is 5.82 Å². The molecule has 0 radical (unpaired) electrons. The van der Waals surface area contributed by atoms with E-state index >= 15 is 22.0 Å². The molecule has 16 rings (SSSR count). The van der Waals surface area contributed by atoms with E-state index in [1.165, 1.54) is 12.1 Å². The Morgan fingerprint density at radius 2 is 0.516 bits per heavy atom. The lowest BCUT2D eigenvalue weighted by Gasteiger charge is -2.20. The van der Waals surface area contributed by atoms with Crippen LogP contribution in [-0.4, -0.2) is 29.1 Å². The lowest BCUT2D eigenvalue weighted by molar-refractivity contribution is 0.381. The van der Waals surface area contributed by atoms with Crippen LogP contribution < -0.4 is 0 Å². The Bertz CT molecular complexity index is 5400. The Morgan fingerprint density at radius 3 is 0.796 bits per heavy atom. The minimum atomic E-state index is -2.32. The van der Waals surface area contributed by atoms with E-state index in [2.05, 4.69) is 18.2 Å². The Balaban J connectivity index is 0.990. The van der Waals surface area contributed by atoms with Gasteiger partial charge in [0.05, 0.1) is 96.2 Å². The maximum absolute atomic E-state index is 16.6. The highest BCUT2D eigenvalue weighted by Crippen LogP contribution is 2.45. The molecule has 440 valence electrons. The van der Waals surface area contributed by atoms with E-state index in [-0.39, 0.29) is 11.3 Å². The normalized spacial score (nSPS) is 11.5. The molecule has 16 aromatic rings. The fourth-order valence-electron chi connectivity index (χ4n) is 12.7. The van der Waals surface area contributed by atoms with Crippen LogP contribution in [0.3, 0.4) is 0 Å². The van der Waals surface area contributed by atoms with Gasteiger partial charge in [-0.15, -0.1) is 0 Å². The number of nitrogens with zero attached hydrogens (tertiary/aromatic N) is 7. The molecule has 0 atom stereocenters. The highest BCUT2D eigenvalue weighted by atomic mass is 19.2. The van der Waals surface area contributed by atoms with Crippen molar-refractivity contribution in [1.82, 2.24) is 29.1 Å². The lowest BCUT2D eigenvalue weighted by atomic mass is 9.96. The zero-order chi connectivity index (χ0) is 62.8. The van der Waals surface area contributed by atoms with Gasteiger partial charge in [0.25, 0.3) is 0 Å². The molecule has 0 aliphatic carbocycles.